The van der Waals surface area contributed by atoms with Crippen LogP contribution in [0.2, 0.25) is 0 Å². The minimum atomic E-state index is -3.68. The molecule has 1 atom stereocenters. The molecule has 35 heavy (non-hydrogen) atoms. The van der Waals surface area contributed by atoms with Crippen LogP contribution in [0.5, 0.6) is 0 Å². The predicted molar refractivity (Wildman–Crippen MR) is 134 cm³/mol. The molecule has 0 saturated heterocycles. The van der Waals surface area contributed by atoms with E-state index in [0.717, 1.165) is 27.3 Å². The van der Waals surface area contributed by atoms with Crippen molar-refractivity contribution in [2.45, 2.75) is 32.6 Å². The maximum atomic E-state index is 13.4. The van der Waals surface area contributed by atoms with E-state index in [4.69, 9.17) is 0 Å². The Morgan fingerprint density at radius 2 is 1.40 bits per heavy atom. The zero-order valence-corrected chi connectivity index (χ0v) is 20.7. The van der Waals surface area contributed by atoms with Gasteiger partial charge in [-0.15, -0.1) is 0 Å². The summed E-state index contributed by atoms with van der Waals surface area (Å²) in [7, 11) is -3.68. The fraction of sp³-hybridized carbons (Fsp3) is 0.269. The van der Waals surface area contributed by atoms with E-state index in [1.54, 1.807) is 43.6 Å². The molecule has 9 heteroatoms. The number of sulfonamides is 1. The van der Waals surface area contributed by atoms with Crippen molar-refractivity contribution in [2.75, 3.05) is 12.8 Å². The third-order valence-corrected chi connectivity index (χ3v) is 6.76. The highest BCUT2D eigenvalue weighted by atomic mass is 32.2. The maximum Gasteiger partial charge on any atom is 0.242 e. The number of nitrogens with zero attached hydrogens (tertiary/aromatic N) is 3. The Morgan fingerprint density at radius 3 is 1.94 bits per heavy atom. The summed E-state index contributed by atoms with van der Waals surface area (Å²) in [5.41, 5.74) is 2.49. The highest BCUT2D eigenvalue weighted by Gasteiger charge is 2.29. The quantitative estimate of drug-likeness (QED) is 0.442. The summed E-state index contributed by atoms with van der Waals surface area (Å²) in [6.07, 6.45) is 4.36. The standard InChI is InChI=1S/C26H30N4O4S/c1-21(26(32)28-17-22-13-15-27-16-14-22)30(19-24-11-7-4-8-12-24)25(31)20-29(35(2,33)34)18-23-9-5-3-6-10-23/h3-16,21H,17-20H2,1-2H3,(H,28,32)/t21-/m1/s1. The first-order valence-electron chi connectivity index (χ1n) is 11.2. The van der Waals surface area contributed by atoms with Gasteiger partial charge in [0.2, 0.25) is 21.8 Å². The molecule has 0 bridgehead atoms. The maximum absolute atomic E-state index is 13.4. The van der Waals surface area contributed by atoms with Crippen LogP contribution < -0.4 is 5.32 Å². The number of carbonyl (C=O) groups excluding carboxylic acids is 2. The Morgan fingerprint density at radius 1 is 0.857 bits per heavy atom. The Kier molecular flexibility index (Phi) is 9.11. The van der Waals surface area contributed by atoms with Crippen LogP contribution in [0.15, 0.2) is 85.2 Å². The van der Waals surface area contributed by atoms with E-state index >= 15 is 0 Å². The molecule has 0 unspecified atom stereocenters. The number of amides is 2. The minimum Gasteiger partial charge on any atom is -0.350 e. The van der Waals surface area contributed by atoms with Gasteiger partial charge in [0.1, 0.15) is 6.04 Å². The highest BCUT2D eigenvalue weighted by Crippen LogP contribution is 2.14. The minimum absolute atomic E-state index is 0.0627. The third-order valence-electron chi connectivity index (χ3n) is 5.56. The van der Waals surface area contributed by atoms with Crippen molar-refractivity contribution in [3.05, 3.63) is 102 Å². The molecule has 0 spiro atoms. The largest absolute Gasteiger partial charge is 0.350 e. The van der Waals surface area contributed by atoms with Crippen molar-refractivity contribution in [3.63, 3.8) is 0 Å². The average molecular weight is 495 g/mol. The lowest BCUT2D eigenvalue weighted by atomic mass is 10.1. The third kappa shape index (κ3) is 8.01. The zero-order chi connectivity index (χ0) is 25.3. The number of hydrogen-bond acceptors (Lipinski definition) is 5. The lowest BCUT2D eigenvalue weighted by molar-refractivity contribution is -0.140. The zero-order valence-electron chi connectivity index (χ0n) is 19.9. The number of hydrogen-bond donors (Lipinski definition) is 1. The highest BCUT2D eigenvalue weighted by molar-refractivity contribution is 7.88. The van der Waals surface area contributed by atoms with Crippen LogP contribution in [0.4, 0.5) is 0 Å². The Labute approximate surface area is 206 Å². The van der Waals surface area contributed by atoms with Gasteiger partial charge in [0.05, 0.1) is 12.8 Å². The van der Waals surface area contributed by atoms with Crippen LogP contribution in [0.25, 0.3) is 0 Å². The fourth-order valence-corrected chi connectivity index (χ4v) is 4.25. The van der Waals surface area contributed by atoms with Crippen molar-refractivity contribution in [3.8, 4) is 0 Å². The summed E-state index contributed by atoms with van der Waals surface area (Å²) < 4.78 is 26.1. The van der Waals surface area contributed by atoms with E-state index in [-0.39, 0.29) is 25.5 Å². The summed E-state index contributed by atoms with van der Waals surface area (Å²) in [6.45, 7) is 1.80. The molecule has 184 valence electrons. The Hall–Kier alpha value is -3.56. The van der Waals surface area contributed by atoms with Crippen molar-refractivity contribution in [2.24, 2.45) is 0 Å². The molecule has 1 N–H and O–H groups in total. The molecule has 3 rings (SSSR count). The van der Waals surface area contributed by atoms with Crippen LogP contribution in [-0.2, 0) is 39.2 Å². The van der Waals surface area contributed by atoms with Gasteiger partial charge in [-0.2, -0.15) is 4.31 Å². The van der Waals surface area contributed by atoms with Gasteiger partial charge < -0.3 is 10.2 Å². The van der Waals surface area contributed by atoms with E-state index < -0.39 is 22.0 Å². The first kappa shape index (κ1) is 26.1. The molecule has 1 heterocycles. The predicted octanol–water partition coefficient (Wildman–Crippen LogP) is 2.58. The lowest BCUT2D eigenvalue weighted by Crippen LogP contribution is -2.50. The van der Waals surface area contributed by atoms with Crippen molar-refractivity contribution in [1.29, 1.82) is 0 Å². The van der Waals surface area contributed by atoms with Crippen molar-refractivity contribution < 1.29 is 18.0 Å². The summed E-state index contributed by atoms with van der Waals surface area (Å²) >= 11 is 0. The molecule has 0 fully saturated rings. The van der Waals surface area contributed by atoms with Gasteiger partial charge in [-0.05, 0) is 35.7 Å². The van der Waals surface area contributed by atoms with Crippen LogP contribution in [0.1, 0.15) is 23.6 Å². The van der Waals surface area contributed by atoms with Gasteiger partial charge in [-0.25, -0.2) is 8.42 Å². The summed E-state index contributed by atoms with van der Waals surface area (Å²) in [5, 5.41) is 2.85. The smallest absolute Gasteiger partial charge is 0.242 e. The topological polar surface area (TPSA) is 99.7 Å². The van der Waals surface area contributed by atoms with Gasteiger partial charge >= 0.3 is 0 Å². The molecule has 8 nitrogen and oxygen atoms in total. The summed E-state index contributed by atoms with van der Waals surface area (Å²) in [4.78, 5) is 31.8. The monoisotopic (exact) mass is 494 g/mol. The molecular formula is C26H30N4O4S. The van der Waals surface area contributed by atoms with Crippen LogP contribution in [-0.4, -0.2) is 53.3 Å². The number of pyridine rings is 1. The normalized spacial score (nSPS) is 12.2. The second kappa shape index (κ2) is 12.2. The second-order valence-electron chi connectivity index (χ2n) is 8.27. The lowest BCUT2D eigenvalue weighted by Gasteiger charge is -2.31. The van der Waals surface area contributed by atoms with E-state index in [1.165, 1.54) is 4.90 Å². The molecule has 2 amide bonds. The number of nitrogens with one attached hydrogen (secondary N) is 1. The number of aromatic nitrogens is 1. The molecule has 0 saturated carbocycles. The Balaban J connectivity index is 1.78. The van der Waals surface area contributed by atoms with Crippen LogP contribution in [0, 0.1) is 0 Å². The molecular weight excluding hydrogens is 464 g/mol. The summed E-state index contributed by atoms with van der Waals surface area (Å²) in [6, 6.07) is 21.1. The van der Waals surface area contributed by atoms with Gasteiger partial charge in [0.25, 0.3) is 0 Å². The first-order valence-corrected chi connectivity index (χ1v) is 13.1. The number of benzene rings is 2. The average Bonchev–Trinajstić information content (AvgIpc) is 2.86. The fourth-order valence-electron chi connectivity index (χ4n) is 3.52. The van der Waals surface area contributed by atoms with Crippen LogP contribution >= 0.6 is 0 Å². The molecule has 0 radical (unpaired) electrons. The number of rotatable bonds is 11. The van der Waals surface area contributed by atoms with E-state index in [1.807, 2.05) is 48.5 Å². The van der Waals surface area contributed by atoms with Crippen molar-refractivity contribution in [1.82, 2.24) is 19.5 Å². The molecule has 2 aromatic carbocycles. The van der Waals surface area contributed by atoms with E-state index in [2.05, 4.69) is 10.3 Å². The summed E-state index contributed by atoms with van der Waals surface area (Å²) in [5.74, 6) is -0.790. The van der Waals surface area contributed by atoms with Crippen LogP contribution in [0.3, 0.4) is 0 Å². The molecule has 1 aromatic heterocycles. The van der Waals surface area contributed by atoms with Crippen molar-refractivity contribution >= 4 is 21.8 Å². The number of carbonyl (C=O) groups is 2. The molecule has 0 aliphatic rings. The molecule has 0 aliphatic heterocycles. The van der Waals surface area contributed by atoms with Gasteiger partial charge in [-0.1, -0.05) is 60.7 Å². The van der Waals surface area contributed by atoms with E-state index in [0.29, 0.717) is 6.54 Å². The van der Waals surface area contributed by atoms with Gasteiger partial charge in [0, 0.05) is 32.0 Å². The second-order valence-corrected chi connectivity index (χ2v) is 10.3. The van der Waals surface area contributed by atoms with Gasteiger partial charge in [-0.3, -0.25) is 14.6 Å². The van der Waals surface area contributed by atoms with Gasteiger partial charge in [0.15, 0.2) is 0 Å². The van der Waals surface area contributed by atoms with E-state index in [9.17, 15) is 18.0 Å². The Bertz CT molecular complexity index is 1210. The molecule has 0 aliphatic carbocycles. The first-order chi connectivity index (χ1) is 16.7. The SMILES string of the molecule is C[C@H](C(=O)NCc1ccncc1)N(Cc1ccccc1)C(=O)CN(Cc1ccccc1)S(C)(=O)=O. The molecule has 3 aromatic rings.